The molecule has 0 bridgehead atoms. The van der Waals surface area contributed by atoms with Crippen molar-refractivity contribution in [3.8, 4) is 11.5 Å². The third kappa shape index (κ3) is 6.82. The molecule has 1 N–H and O–H groups in total. The normalized spacial score (nSPS) is 10.6. The molecule has 0 radical (unpaired) electrons. The van der Waals surface area contributed by atoms with Crippen molar-refractivity contribution in [2.75, 3.05) is 13.7 Å². The van der Waals surface area contributed by atoms with Crippen molar-refractivity contribution < 1.29 is 9.47 Å². The van der Waals surface area contributed by atoms with Gasteiger partial charge >= 0.3 is 0 Å². The number of halogens is 4. The van der Waals surface area contributed by atoms with Crippen molar-refractivity contribution >= 4 is 51.5 Å². The molecule has 0 spiro atoms. The van der Waals surface area contributed by atoms with E-state index in [0.29, 0.717) is 34.1 Å². The molecule has 2 aromatic rings. The molecule has 0 aliphatic rings. The summed E-state index contributed by atoms with van der Waals surface area (Å²) in [5, 5.41) is 4.47. The summed E-state index contributed by atoms with van der Waals surface area (Å²) in [4.78, 5) is 0. The van der Waals surface area contributed by atoms with Crippen molar-refractivity contribution in [2.24, 2.45) is 5.92 Å². The largest absolute Gasteiger partial charge is 0.493 e. The molecule has 0 aliphatic carbocycles. The second-order valence-corrected chi connectivity index (χ2v) is 7.84. The maximum Gasteiger partial charge on any atom is 0.175 e. The number of nitrogens with one attached hydrogen (secondary N) is 1. The highest BCUT2D eigenvalue weighted by Crippen LogP contribution is 2.37. The van der Waals surface area contributed by atoms with Crippen LogP contribution in [0, 0.1) is 5.92 Å². The van der Waals surface area contributed by atoms with Crippen LogP contribution < -0.4 is 14.8 Å². The zero-order valence-electron chi connectivity index (χ0n) is 14.9. The molecule has 0 fully saturated rings. The van der Waals surface area contributed by atoms with Crippen molar-refractivity contribution in [1.82, 2.24) is 5.32 Å². The van der Waals surface area contributed by atoms with Gasteiger partial charge in [-0.15, -0.1) is 12.4 Å². The summed E-state index contributed by atoms with van der Waals surface area (Å²) in [6.45, 7) is 6.49. The molecule has 0 atom stereocenters. The molecule has 26 heavy (non-hydrogen) atoms. The lowest BCUT2D eigenvalue weighted by Gasteiger charge is -2.15. The number of hydrogen-bond acceptors (Lipinski definition) is 3. The topological polar surface area (TPSA) is 30.5 Å². The smallest absolute Gasteiger partial charge is 0.175 e. The molecule has 2 rings (SSSR count). The third-order valence-electron chi connectivity index (χ3n) is 3.54. The van der Waals surface area contributed by atoms with Gasteiger partial charge in [-0.2, -0.15) is 0 Å². The van der Waals surface area contributed by atoms with E-state index in [4.69, 9.17) is 32.7 Å². The van der Waals surface area contributed by atoms with E-state index in [1.54, 1.807) is 19.2 Å². The van der Waals surface area contributed by atoms with Crippen LogP contribution in [0.4, 0.5) is 0 Å². The first kappa shape index (κ1) is 23.4. The van der Waals surface area contributed by atoms with E-state index in [-0.39, 0.29) is 12.4 Å². The fourth-order valence-corrected chi connectivity index (χ4v) is 3.23. The molecule has 7 heteroatoms. The lowest BCUT2D eigenvalue weighted by molar-refractivity contribution is 0.282. The number of rotatable bonds is 8. The number of benzene rings is 2. The van der Waals surface area contributed by atoms with Crippen LogP contribution in [0.2, 0.25) is 10.0 Å². The Balaban J connectivity index is 0.00000338. The van der Waals surface area contributed by atoms with Crippen molar-refractivity contribution in [3.63, 3.8) is 0 Å². The van der Waals surface area contributed by atoms with E-state index in [1.165, 1.54) is 0 Å². The van der Waals surface area contributed by atoms with E-state index in [2.05, 4.69) is 35.1 Å². The highest BCUT2D eigenvalue weighted by Gasteiger charge is 2.12. The Morgan fingerprint density at radius 2 is 1.81 bits per heavy atom. The lowest BCUT2D eigenvalue weighted by atomic mass is 10.1. The van der Waals surface area contributed by atoms with Gasteiger partial charge in [-0.05, 0) is 63.8 Å². The van der Waals surface area contributed by atoms with Crippen LogP contribution in [0.3, 0.4) is 0 Å². The Morgan fingerprint density at radius 3 is 2.42 bits per heavy atom. The van der Waals surface area contributed by atoms with Gasteiger partial charge in [0.1, 0.15) is 6.61 Å². The number of methoxy groups -OCH3 is 1. The van der Waals surface area contributed by atoms with Crippen LogP contribution in [0.15, 0.2) is 34.8 Å². The average Bonchev–Trinajstić information content (AvgIpc) is 2.56. The minimum absolute atomic E-state index is 0. The Labute approximate surface area is 179 Å². The molecular formula is C19H23BrCl3NO2. The Morgan fingerprint density at radius 1 is 1.08 bits per heavy atom. The molecule has 144 valence electrons. The molecule has 2 aromatic carbocycles. The highest BCUT2D eigenvalue weighted by atomic mass is 79.9. The highest BCUT2D eigenvalue weighted by molar-refractivity contribution is 9.10. The van der Waals surface area contributed by atoms with Gasteiger partial charge in [0.15, 0.2) is 11.5 Å². The first-order valence-corrected chi connectivity index (χ1v) is 9.59. The Kier molecular flexibility index (Phi) is 10.1. The molecule has 0 aromatic heterocycles. The fourth-order valence-electron chi connectivity index (χ4n) is 2.31. The monoisotopic (exact) mass is 481 g/mol. The van der Waals surface area contributed by atoms with Gasteiger partial charge in [0, 0.05) is 6.54 Å². The average molecular weight is 484 g/mol. The third-order valence-corrected chi connectivity index (χ3v) is 4.87. The second kappa shape index (κ2) is 11.3. The quantitative estimate of drug-likeness (QED) is 0.464. The summed E-state index contributed by atoms with van der Waals surface area (Å²) in [5.41, 5.74) is 2.07. The summed E-state index contributed by atoms with van der Waals surface area (Å²) < 4.78 is 12.3. The summed E-state index contributed by atoms with van der Waals surface area (Å²) in [5.74, 6) is 1.97. The van der Waals surface area contributed by atoms with E-state index in [1.807, 2.05) is 18.2 Å². The Bertz CT molecular complexity index is 726. The van der Waals surface area contributed by atoms with Gasteiger partial charge in [-0.3, -0.25) is 0 Å². The maximum absolute atomic E-state index is 6.05. The minimum atomic E-state index is 0. The molecule has 0 amide bonds. The van der Waals surface area contributed by atoms with E-state index >= 15 is 0 Å². The van der Waals surface area contributed by atoms with E-state index < -0.39 is 0 Å². The van der Waals surface area contributed by atoms with Gasteiger partial charge in [0.2, 0.25) is 0 Å². The lowest BCUT2D eigenvalue weighted by Crippen LogP contribution is -2.19. The molecule has 0 aliphatic heterocycles. The molecule has 0 heterocycles. The van der Waals surface area contributed by atoms with Crippen LogP contribution in [0.5, 0.6) is 11.5 Å². The molecular weight excluding hydrogens is 460 g/mol. The van der Waals surface area contributed by atoms with Gasteiger partial charge < -0.3 is 14.8 Å². The predicted octanol–water partition coefficient (Wildman–Crippen LogP) is 6.51. The summed E-state index contributed by atoms with van der Waals surface area (Å²) >= 11 is 15.6. The van der Waals surface area contributed by atoms with Gasteiger partial charge in [-0.25, -0.2) is 0 Å². The fraction of sp³-hybridized carbons (Fsp3) is 0.368. The zero-order chi connectivity index (χ0) is 18.4. The van der Waals surface area contributed by atoms with Crippen LogP contribution in [-0.4, -0.2) is 13.7 Å². The van der Waals surface area contributed by atoms with Gasteiger partial charge in [0.05, 0.1) is 21.6 Å². The molecule has 0 unspecified atom stereocenters. The standard InChI is InChI=1S/C19H22BrCl2NO2.ClH/c1-12(2)9-23-10-14-6-15(20)19(18(8-14)24-3)25-11-13-4-5-16(21)17(22)7-13;/h4-8,12,23H,9-11H2,1-3H3;1H. The minimum Gasteiger partial charge on any atom is -0.493 e. The number of hydrogen-bond donors (Lipinski definition) is 1. The van der Waals surface area contributed by atoms with Crippen LogP contribution in [-0.2, 0) is 13.2 Å². The van der Waals surface area contributed by atoms with Crippen molar-refractivity contribution in [2.45, 2.75) is 27.0 Å². The second-order valence-electron chi connectivity index (χ2n) is 6.17. The molecule has 3 nitrogen and oxygen atoms in total. The predicted molar refractivity (Wildman–Crippen MR) is 115 cm³/mol. The molecule has 0 saturated carbocycles. The van der Waals surface area contributed by atoms with E-state index in [0.717, 1.165) is 28.7 Å². The summed E-state index contributed by atoms with van der Waals surface area (Å²) in [7, 11) is 1.64. The van der Waals surface area contributed by atoms with Crippen LogP contribution in [0.1, 0.15) is 25.0 Å². The first-order chi connectivity index (χ1) is 11.9. The number of ether oxygens (including phenoxy) is 2. The zero-order valence-corrected chi connectivity index (χ0v) is 18.9. The van der Waals surface area contributed by atoms with Crippen molar-refractivity contribution in [3.05, 3.63) is 56.0 Å². The SMILES string of the molecule is COc1cc(CNCC(C)C)cc(Br)c1OCc1ccc(Cl)c(Cl)c1.Cl. The Hall–Kier alpha value is -0.650. The first-order valence-electron chi connectivity index (χ1n) is 8.04. The van der Waals surface area contributed by atoms with Gasteiger partial charge in [0.25, 0.3) is 0 Å². The van der Waals surface area contributed by atoms with Gasteiger partial charge in [-0.1, -0.05) is 43.1 Å². The van der Waals surface area contributed by atoms with Crippen LogP contribution >= 0.6 is 51.5 Å². The van der Waals surface area contributed by atoms with Crippen molar-refractivity contribution in [1.29, 1.82) is 0 Å². The van der Waals surface area contributed by atoms with E-state index in [9.17, 15) is 0 Å². The summed E-state index contributed by atoms with van der Waals surface area (Å²) in [6.07, 6.45) is 0. The maximum atomic E-state index is 6.05. The summed E-state index contributed by atoms with van der Waals surface area (Å²) in [6, 6.07) is 9.48. The molecule has 0 saturated heterocycles. The van der Waals surface area contributed by atoms with Crippen LogP contribution in [0.25, 0.3) is 0 Å².